The lowest BCUT2D eigenvalue weighted by atomic mass is 10.2. The molecule has 1 heterocycles. The summed E-state index contributed by atoms with van der Waals surface area (Å²) in [5.74, 6) is -0.346. The van der Waals surface area contributed by atoms with E-state index < -0.39 is 16.9 Å². The molecule has 0 aromatic heterocycles. The number of methoxy groups -OCH3 is 1. The first-order valence-electron chi connectivity index (χ1n) is 11.9. The third kappa shape index (κ3) is 17.1. The zero-order valence-corrected chi connectivity index (χ0v) is 22.6. The highest BCUT2D eigenvalue weighted by Crippen LogP contribution is 2.38. The predicted octanol–water partition coefficient (Wildman–Crippen LogP) is 7.26. The van der Waals surface area contributed by atoms with Gasteiger partial charge in [0.15, 0.2) is 0 Å². The predicted molar refractivity (Wildman–Crippen MR) is 143 cm³/mol. The van der Waals surface area contributed by atoms with Gasteiger partial charge in [0.2, 0.25) is 0 Å². The number of alkyl halides is 3. The SMILES string of the molecule is C=C(Nc1cccc(F)c1)S/C(=C\CC(=N)N1CCNCC1)C(F)(F)F.CC.CC.CCCOC. The maximum absolute atomic E-state index is 13.3. The minimum absolute atomic E-state index is 0.0212. The molecular weight excluding hydrogens is 480 g/mol. The normalized spacial score (nSPS) is 13.2. The van der Waals surface area contributed by atoms with Crippen LogP contribution >= 0.6 is 11.8 Å². The average Bonchev–Trinajstić information content (AvgIpc) is 2.85. The molecule has 0 unspecified atom stereocenters. The van der Waals surface area contributed by atoms with Gasteiger partial charge in [0.25, 0.3) is 0 Å². The number of amidine groups is 1. The molecule has 35 heavy (non-hydrogen) atoms. The van der Waals surface area contributed by atoms with Crippen LogP contribution in [0.25, 0.3) is 0 Å². The first-order chi connectivity index (χ1) is 16.7. The minimum Gasteiger partial charge on any atom is -0.385 e. The lowest BCUT2D eigenvalue weighted by Gasteiger charge is -2.29. The van der Waals surface area contributed by atoms with E-state index in [1.165, 1.54) is 24.3 Å². The quantitative estimate of drug-likeness (QED) is 0.191. The molecular formula is C25H42F4N4OS. The second kappa shape index (κ2) is 21.3. The van der Waals surface area contributed by atoms with Crippen LogP contribution in [0.2, 0.25) is 0 Å². The molecule has 0 radical (unpaired) electrons. The van der Waals surface area contributed by atoms with Crippen LogP contribution in [-0.4, -0.2) is 56.8 Å². The van der Waals surface area contributed by atoms with Gasteiger partial charge in [-0.05, 0) is 24.6 Å². The van der Waals surface area contributed by atoms with Gasteiger partial charge >= 0.3 is 6.18 Å². The zero-order valence-electron chi connectivity index (χ0n) is 21.8. The van der Waals surface area contributed by atoms with Crippen LogP contribution in [0, 0.1) is 11.2 Å². The fourth-order valence-corrected chi connectivity index (χ4v) is 3.27. The Hall–Kier alpha value is -2.04. The molecule has 0 aliphatic carbocycles. The molecule has 10 heteroatoms. The maximum atomic E-state index is 13.3. The van der Waals surface area contributed by atoms with Crippen molar-refractivity contribution in [3.05, 3.63) is 52.7 Å². The molecule has 1 aromatic rings. The van der Waals surface area contributed by atoms with Crippen molar-refractivity contribution in [3.8, 4) is 0 Å². The number of allylic oxidation sites excluding steroid dienone is 1. The summed E-state index contributed by atoms with van der Waals surface area (Å²) in [7, 11) is 1.71. The van der Waals surface area contributed by atoms with Crippen molar-refractivity contribution in [1.29, 1.82) is 5.41 Å². The molecule has 1 saturated heterocycles. The molecule has 1 aliphatic rings. The lowest BCUT2D eigenvalue weighted by molar-refractivity contribution is -0.0837. The van der Waals surface area contributed by atoms with Crippen LogP contribution in [0.4, 0.5) is 23.2 Å². The molecule has 5 nitrogen and oxygen atoms in total. The fourth-order valence-electron chi connectivity index (χ4n) is 2.56. The summed E-state index contributed by atoms with van der Waals surface area (Å²) in [5.41, 5.74) is 0.317. The molecule has 2 rings (SSSR count). The van der Waals surface area contributed by atoms with Gasteiger partial charge in [0, 0.05) is 52.0 Å². The van der Waals surface area contributed by atoms with Crippen molar-refractivity contribution in [3.63, 3.8) is 0 Å². The van der Waals surface area contributed by atoms with Crippen LogP contribution in [0.3, 0.4) is 0 Å². The largest absolute Gasteiger partial charge is 0.422 e. The number of piperazine rings is 1. The highest BCUT2D eigenvalue weighted by Gasteiger charge is 2.34. The molecule has 3 N–H and O–H groups in total. The van der Waals surface area contributed by atoms with Gasteiger partial charge in [-0.25, -0.2) is 4.39 Å². The Bertz CT molecular complexity index is 734. The summed E-state index contributed by atoms with van der Waals surface area (Å²) < 4.78 is 57.6. The second-order valence-corrected chi connectivity index (χ2v) is 7.74. The van der Waals surface area contributed by atoms with E-state index in [4.69, 9.17) is 10.1 Å². The van der Waals surface area contributed by atoms with Crippen LogP contribution in [0.15, 0.2) is 46.9 Å². The Kier molecular flexibility index (Phi) is 21.3. The zero-order chi connectivity index (χ0) is 27.3. The summed E-state index contributed by atoms with van der Waals surface area (Å²) in [6.45, 7) is 17.2. The van der Waals surface area contributed by atoms with Crippen molar-refractivity contribution in [2.75, 3.05) is 45.2 Å². The number of hydrogen-bond acceptors (Lipinski definition) is 5. The van der Waals surface area contributed by atoms with Gasteiger partial charge in [-0.3, -0.25) is 5.41 Å². The van der Waals surface area contributed by atoms with Crippen LogP contribution in [0.5, 0.6) is 0 Å². The smallest absolute Gasteiger partial charge is 0.385 e. The summed E-state index contributed by atoms with van der Waals surface area (Å²) >= 11 is 0.422. The fraction of sp³-hybridized carbons (Fsp3) is 0.560. The Morgan fingerprint density at radius 3 is 2.29 bits per heavy atom. The molecule has 0 amide bonds. The molecule has 0 spiro atoms. The summed E-state index contributed by atoms with van der Waals surface area (Å²) in [5, 5.41) is 13.8. The van der Waals surface area contributed by atoms with Crippen LogP contribution in [-0.2, 0) is 4.74 Å². The highest BCUT2D eigenvalue weighted by molar-refractivity contribution is 8.06. The minimum atomic E-state index is -4.55. The van der Waals surface area contributed by atoms with Gasteiger partial charge in [0.05, 0.1) is 15.8 Å². The third-order valence-corrected chi connectivity index (χ3v) is 4.98. The number of nitrogens with one attached hydrogen (secondary N) is 3. The van der Waals surface area contributed by atoms with Crippen LogP contribution < -0.4 is 10.6 Å². The van der Waals surface area contributed by atoms with Crippen molar-refractivity contribution in [2.24, 2.45) is 0 Å². The van der Waals surface area contributed by atoms with E-state index in [-0.39, 0.29) is 17.3 Å². The molecule has 0 atom stereocenters. The van der Waals surface area contributed by atoms with Crippen molar-refractivity contribution in [1.82, 2.24) is 10.2 Å². The van der Waals surface area contributed by atoms with E-state index in [0.29, 0.717) is 43.6 Å². The standard InChI is InChI=1S/C17H20F4N4S.C4H10O.2C2H6/c1-12(24-14-4-2-3-13(18)11-14)26-15(17(19,20)21)5-6-16(22)25-9-7-23-8-10-25;1-3-4-5-2;2*1-2/h2-5,11,22-24H,1,6-10H2;3-4H2,1-2H3;2*1-2H3/b15-5-,22-16?;;;. The number of rotatable bonds is 8. The maximum Gasteiger partial charge on any atom is 0.422 e. The molecule has 0 bridgehead atoms. The summed E-state index contributed by atoms with van der Waals surface area (Å²) in [6.07, 6.45) is -2.56. The third-order valence-electron chi connectivity index (χ3n) is 4.01. The van der Waals surface area contributed by atoms with Crippen LogP contribution in [0.1, 0.15) is 47.5 Å². The van der Waals surface area contributed by atoms with Gasteiger partial charge in [-0.15, -0.1) is 0 Å². The van der Waals surface area contributed by atoms with Crippen molar-refractivity contribution >= 4 is 23.3 Å². The van der Waals surface area contributed by atoms with Crippen molar-refractivity contribution < 1.29 is 22.3 Å². The first kappa shape index (κ1) is 35.1. The Morgan fingerprint density at radius 2 is 1.83 bits per heavy atom. The van der Waals surface area contributed by atoms with E-state index in [0.717, 1.165) is 19.1 Å². The number of thioether (sulfide) groups is 1. The number of halogens is 4. The first-order valence-corrected chi connectivity index (χ1v) is 12.7. The number of anilines is 1. The molecule has 0 saturated carbocycles. The average molecular weight is 523 g/mol. The molecule has 1 aromatic carbocycles. The summed E-state index contributed by atoms with van der Waals surface area (Å²) in [6, 6.07) is 5.39. The molecule has 202 valence electrons. The van der Waals surface area contributed by atoms with E-state index in [1.54, 1.807) is 12.0 Å². The number of nitrogens with zero attached hydrogens (tertiary/aromatic N) is 1. The number of ether oxygens (including phenoxy) is 1. The van der Waals surface area contributed by atoms with Gasteiger partial charge in [-0.2, -0.15) is 13.2 Å². The second-order valence-electron chi connectivity index (χ2n) is 6.61. The molecule has 1 aliphatic heterocycles. The van der Waals surface area contributed by atoms with Gasteiger partial charge in [0.1, 0.15) is 5.82 Å². The van der Waals surface area contributed by atoms with E-state index in [1.807, 2.05) is 27.7 Å². The van der Waals surface area contributed by atoms with Crippen molar-refractivity contribution in [2.45, 2.75) is 53.6 Å². The Labute approximate surface area is 212 Å². The van der Waals surface area contributed by atoms with Gasteiger partial charge < -0.3 is 20.3 Å². The van der Waals surface area contributed by atoms with E-state index in [9.17, 15) is 17.6 Å². The monoisotopic (exact) mass is 522 g/mol. The number of hydrogen-bond donors (Lipinski definition) is 3. The lowest BCUT2D eigenvalue weighted by Crippen LogP contribution is -2.46. The highest BCUT2D eigenvalue weighted by atomic mass is 32.2. The number of benzene rings is 1. The topological polar surface area (TPSA) is 60.4 Å². The van der Waals surface area contributed by atoms with E-state index in [2.05, 4.69) is 24.1 Å². The Morgan fingerprint density at radius 1 is 1.23 bits per heavy atom. The Balaban J connectivity index is 0. The van der Waals surface area contributed by atoms with Gasteiger partial charge in [-0.1, -0.05) is 65.1 Å². The molecule has 1 fully saturated rings. The summed E-state index contributed by atoms with van der Waals surface area (Å²) in [4.78, 5) is 0.900. The van der Waals surface area contributed by atoms with E-state index >= 15 is 0 Å².